The summed E-state index contributed by atoms with van der Waals surface area (Å²) in [6, 6.07) is 0. The van der Waals surface area contributed by atoms with Gasteiger partial charge in [0.1, 0.15) is 0 Å². The van der Waals surface area contributed by atoms with E-state index in [1.165, 1.54) is 19.3 Å². The maximum Gasteiger partial charge on any atom is 0.189 e. The van der Waals surface area contributed by atoms with E-state index in [-0.39, 0.29) is 5.53 Å². The van der Waals surface area contributed by atoms with Crippen molar-refractivity contribution in [3.63, 3.8) is 0 Å². The summed E-state index contributed by atoms with van der Waals surface area (Å²) in [5.41, 5.74) is 0.275. The van der Waals surface area contributed by atoms with Crippen molar-refractivity contribution in [1.29, 1.82) is 0 Å². The van der Waals surface area contributed by atoms with E-state index in [0.717, 1.165) is 13.0 Å². The van der Waals surface area contributed by atoms with Gasteiger partial charge in [0.15, 0.2) is 14.3 Å². The third kappa shape index (κ3) is 6.40. The van der Waals surface area contributed by atoms with E-state index in [2.05, 4.69) is 12.2 Å². The van der Waals surface area contributed by atoms with Crippen LogP contribution in [0, 0.1) is 0 Å². The average Bonchev–Trinajstić information content (AvgIpc) is 2.03. The van der Waals surface area contributed by atoms with Gasteiger partial charge in [-0.05, 0) is 6.42 Å². The lowest BCUT2D eigenvalue weighted by atomic mass is 10.2. The van der Waals surface area contributed by atoms with Gasteiger partial charge in [-0.1, -0.05) is 39.3 Å². The number of carbonyl (C=O) groups excluding carboxylic acids is 1. The first-order valence-electron chi connectivity index (χ1n) is 4.76. The van der Waals surface area contributed by atoms with Gasteiger partial charge in [-0.3, -0.25) is 4.79 Å². The summed E-state index contributed by atoms with van der Waals surface area (Å²) in [7, 11) is -0.755. The van der Waals surface area contributed by atoms with Crippen LogP contribution in [0.15, 0.2) is 0 Å². The number of carbonyl (C=O) groups is 1. The summed E-state index contributed by atoms with van der Waals surface area (Å²) in [5.74, 6) is 0. The number of nitrogens with one attached hydrogen (secondary N) is 1. The molecule has 0 bridgehead atoms. The Balaban J connectivity index is 3.14. The number of hydrogen-bond donors (Lipinski definition) is 1. The summed E-state index contributed by atoms with van der Waals surface area (Å²) in [6.45, 7) is 7.10. The predicted molar refractivity (Wildman–Crippen MR) is 55.0 cm³/mol. The molecule has 71 valence electrons. The second-order valence-electron chi connectivity index (χ2n) is 3.32. The number of rotatable bonds is 6. The van der Waals surface area contributed by atoms with Crippen molar-refractivity contribution in [1.82, 2.24) is 5.32 Å². The van der Waals surface area contributed by atoms with Gasteiger partial charge in [-0.2, -0.15) is 0 Å². The van der Waals surface area contributed by atoms with Crippen molar-refractivity contribution in [2.24, 2.45) is 0 Å². The van der Waals surface area contributed by atoms with Crippen LogP contribution in [0.25, 0.3) is 0 Å². The first kappa shape index (κ1) is 11.7. The lowest BCUT2D eigenvalue weighted by Gasteiger charge is -2.05. The van der Waals surface area contributed by atoms with Gasteiger partial charge < -0.3 is 5.32 Å². The molecule has 2 nitrogen and oxygen atoms in total. The van der Waals surface area contributed by atoms with Gasteiger partial charge in [0.2, 0.25) is 0 Å². The minimum absolute atomic E-state index is 0.275. The van der Waals surface area contributed by atoms with Crippen molar-refractivity contribution in [2.45, 2.75) is 45.7 Å². The molecule has 1 radical (unpaired) electrons. The molecule has 0 aromatic carbocycles. The Bertz CT molecular complexity index is 126. The molecule has 12 heavy (non-hydrogen) atoms. The minimum Gasteiger partial charge on any atom is -0.361 e. The molecular weight excluding hydrogens is 166 g/mol. The number of hydrogen-bond acceptors (Lipinski definition) is 1. The molecule has 0 aliphatic rings. The molecular formula is C9H20NOSi. The molecule has 3 heteroatoms. The summed E-state index contributed by atoms with van der Waals surface area (Å²) in [6.07, 6.45) is 4.91. The lowest BCUT2D eigenvalue weighted by molar-refractivity contribution is 0.258. The zero-order chi connectivity index (χ0) is 9.40. The first-order valence-corrected chi connectivity index (χ1v) is 7.26. The van der Waals surface area contributed by atoms with E-state index in [4.69, 9.17) is 0 Å². The van der Waals surface area contributed by atoms with Crippen molar-refractivity contribution < 1.29 is 4.79 Å². The molecule has 0 unspecified atom stereocenters. The summed E-state index contributed by atoms with van der Waals surface area (Å²) < 4.78 is 0. The maximum absolute atomic E-state index is 11.1. The van der Waals surface area contributed by atoms with E-state index >= 15 is 0 Å². The van der Waals surface area contributed by atoms with Gasteiger partial charge in [0.25, 0.3) is 0 Å². The normalized spacial score (nSPS) is 10.3. The molecule has 0 aliphatic carbocycles. The van der Waals surface area contributed by atoms with E-state index in [1.807, 2.05) is 13.1 Å². The van der Waals surface area contributed by atoms with Crippen LogP contribution in [0.5, 0.6) is 0 Å². The summed E-state index contributed by atoms with van der Waals surface area (Å²) in [5, 5.41) is 2.95. The molecule has 0 rings (SSSR count). The predicted octanol–water partition coefficient (Wildman–Crippen LogP) is 2.61. The van der Waals surface area contributed by atoms with E-state index in [9.17, 15) is 4.79 Å². The van der Waals surface area contributed by atoms with Gasteiger partial charge >= 0.3 is 0 Å². The van der Waals surface area contributed by atoms with Crippen LogP contribution < -0.4 is 5.32 Å². The molecule has 1 N–H and O–H groups in total. The van der Waals surface area contributed by atoms with Crippen LogP contribution in [0.4, 0.5) is 4.79 Å². The van der Waals surface area contributed by atoms with Crippen molar-refractivity contribution in [3.05, 3.63) is 0 Å². The van der Waals surface area contributed by atoms with Crippen molar-refractivity contribution >= 4 is 14.3 Å². The summed E-state index contributed by atoms with van der Waals surface area (Å²) in [4.78, 5) is 11.1. The Morgan fingerprint density at radius 2 is 1.92 bits per heavy atom. The Morgan fingerprint density at radius 3 is 2.42 bits per heavy atom. The highest BCUT2D eigenvalue weighted by Crippen LogP contribution is 1.97. The van der Waals surface area contributed by atoms with Crippen molar-refractivity contribution in [3.8, 4) is 0 Å². The zero-order valence-electron chi connectivity index (χ0n) is 8.44. The summed E-state index contributed by atoms with van der Waals surface area (Å²) >= 11 is 0. The van der Waals surface area contributed by atoms with Crippen LogP contribution >= 0.6 is 0 Å². The minimum atomic E-state index is -0.755. The fourth-order valence-corrected chi connectivity index (χ4v) is 1.41. The molecule has 0 aromatic rings. The first-order chi connectivity index (χ1) is 5.68. The molecule has 0 saturated carbocycles. The Labute approximate surface area is 77.3 Å². The second kappa shape index (κ2) is 7.34. The topological polar surface area (TPSA) is 29.1 Å². The fourth-order valence-electron chi connectivity index (χ4n) is 0.930. The monoisotopic (exact) mass is 186 g/mol. The molecule has 0 saturated heterocycles. The zero-order valence-corrected chi connectivity index (χ0v) is 9.44. The number of unbranched alkanes of at least 4 members (excludes halogenated alkanes) is 3. The quantitative estimate of drug-likeness (QED) is 0.501. The third-order valence-corrected chi connectivity index (χ3v) is 2.86. The highest BCUT2D eigenvalue weighted by Gasteiger charge is 2.06. The highest BCUT2D eigenvalue weighted by atomic mass is 28.3. The van der Waals surface area contributed by atoms with Gasteiger partial charge in [0, 0.05) is 6.54 Å². The SMILES string of the molecule is CCCCCCNC(=O)[Si](C)C. The molecule has 0 spiro atoms. The Kier molecular flexibility index (Phi) is 7.15. The van der Waals surface area contributed by atoms with E-state index < -0.39 is 8.80 Å². The molecule has 0 aromatic heterocycles. The van der Waals surface area contributed by atoms with Crippen LogP contribution in [0.3, 0.4) is 0 Å². The van der Waals surface area contributed by atoms with Gasteiger partial charge in [-0.15, -0.1) is 0 Å². The maximum atomic E-state index is 11.1. The molecule has 0 aliphatic heterocycles. The van der Waals surface area contributed by atoms with Crippen LogP contribution in [0.2, 0.25) is 13.1 Å². The van der Waals surface area contributed by atoms with Gasteiger partial charge in [-0.25, -0.2) is 0 Å². The smallest absolute Gasteiger partial charge is 0.189 e. The molecule has 1 amide bonds. The Hall–Kier alpha value is -0.313. The standard InChI is InChI=1S/C9H20NOSi/c1-4-5-6-7-8-10-9(11)12(2)3/h4-8H2,1-3H3,(H,10,11). The largest absolute Gasteiger partial charge is 0.361 e. The van der Waals surface area contributed by atoms with Crippen LogP contribution in [-0.2, 0) is 0 Å². The Morgan fingerprint density at radius 1 is 1.25 bits per heavy atom. The average molecular weight is 186 g/mol. The fraction of sp³-hybridized carbons (Fsp3) is 0.889. The molecule has 0 fully saturated rings. The molecule has 0 atom stereocenters. The lowest BCUT2D eigenvalue weighted by Crippen LogP contribution is -2.32. The van der Waals surface area contributed by atoms with E-state index in [1.54, 1.807) is 0 Å². The van der Waals surface area contributed by atoms with Crippen molar-refractivity contribution in [2.75, 3.05) is 6.54 Å². The highest BCUT2D eigenvalue weighted by molar-refractivity contribution is 6.87. The van der Waals surface area contributed by atoms with E-state index in [0.29, 0.717) is 0 Å². The number of amides is 1. The van der Waals surface area contributed by atoms with Gasteiger partial charge in [0.05, 0.1) is 0 Å². The second-order valence-corrected chi connectivity index (χ2v) is 5.77. The third-order valence-electron chi connectivity index (χ3n) is 1.77. The molecule has 0 heterocycles. The van der Waals surface area contributed by atoms with Crippen LogP contribution in [0.1, 0.15) is 32.6 Å². The van der Waals surface area contributed by atoms with Crippen LogP contribution in [-0.4, -0.2) is 20.9 Å².